The van der Waals surface area contributed by atoms with Gasteiger partial charge in [0.25, 0.3) is 11.6 Å². The van der Waals surface area contributed by atoms with E-state index in [2.05, 4.69) is 25.7 Å². The summed E-state index contributed by atoms with van der Waals surface area (Å²) in [5, 5.41) is 11.3. The third-order valence-corrected chi connectivity index (χ3v) is 4.64. The highest BCUT2D eigenvalue weighted by Gasteiger charge is 2.29. The minimum Gasteiger partial charge on any atom is -0.336 e. The second-order valence-electron chi connectivity index (χ2n) is 6.84. The molecule has 1 heterocycles. The summed E-state index contributed by atoms with van der Waals surface area (Å²) in [6.45, 7) is 11.1. The Kier molecular flexibility index (Phi) is 5.83. The van der Waals surface area contributed by atoms with Crippen LogP contribution in [0.3, 0.4) is 0 Å². The molecular formula is C17H24ClN3O3. The van der Waals surface area contributed by atoms with Crippen molar-refractivity contribution in [2.45, 2.75) is 33.7 Å². The van der Waals surface area contributed by atoms with Crippen molar-refractivity contribution in [2.24, 2.45) is 5.92 Å². The van der Waals surface area contributed by atoms with E-state index in [1.807, 2.05) is 0 Å². The molecule has 0 aromatic heterocycles. The lowest BCUT2D eigenvalue weighted by molar-refractivity contribution is -0.385. The van der Waals surface area contributed by atoms with E-state index in [4.69, 9.17) is 11.6 Å². The first-order valence-corrected chi connectivity index (χ1v) is 8.56. The van der Waals surface area contributed by atoms with E-state index in [1.54, 1.807) is 11.8 Å². The fraction of sp³-hybridized carbons (Fsp3) is 0.588. The van der Waals surface area contributed by atoms with Gasteiger partial charge in [-0.25, -0.2) is 0 Å². The lowest BCUT2D eigenvalue weighted by Gasteiger charge is -2.40. The van der Waals surface area contributed by atoms with Crippen molar-refractivity contribution in [3.63, 3.8) is 0 Å². The van der Waals surface area contributed by atoms with Crippen LogP contribution in [0, 0.1) is 23.0 Å². The number of nitrogens with zero attached hydrogens (tertiary/aromatic N) is 3. The number of halogens is 1. The number of hydrogen-bond donors (Lipinski definition) is 0. The largest absolute Gasteiger partial charge is 0.336 e. The van der Waals surface area contributed by atoms with Crippen LogP contribution in [-0.4, -0.2) is 52.9 Å². The zero-order chi connectivity index (χ0) is 18.0. The molecule has 6 nitrogen and oxygen atoms in total. The third kappa shape index (κ3) is 4.05. The van der Waals surface area contributed by atoms with Gasteiger partial charge in [0, 0.05) is 48.9 Å². The second kappa shape index (κ2) is 7.49. The molecule has 24 heavy (non-hydrogen) atoms. The Balaban J connectivity index is 2.20. The quantitative estimate of drug-likeness (QED) is 0.615. The molecule has 132 valence electrons. The fourth-order valence-corrected chi connectivity index (χ4v) is 3.38. The lowest BCUT2D eigenvalue weighted by atomic mass is 10.0. The van der Waals surface area contributed by atoms with Crippen molar-refractivity contribution in [2.75, 3.05) is 26.2 Å². The summed E-state index contributed by atoms with van der Waals surface area (Å²) < 4.78 is 0. The van der Waals surface area contributed by atoms with Crippen molar-refractivity contribution >= 4 is 23.2 Å². The summed E-state index contributed by atoms with van der Waals surface area (Å²) in [6.07, 6.45) is 0. The van der Waals surface area contributed by atoms with E-state index in [1.165, 1.54) is 12.1 Å². The van der Waals surface area contributed by atoms with Crippen LogP contribution < -0.4 is 0 Å². The number of carbonyl (C=O) groups is 1. The molecule has 0 spiro atoms. The summed E-state index contributed by atoms with van der Waals surface area (Å²) >= 11 is 5.97. The average molecular weight is 354 g/mol. The maximum atomic E-state index is 12.8. The summed E-state index contributed by atoms with van der Waals surface area (Å²) in [5.41, 5.74) is 0.572. The topological polar surface area (TPSA) is 66.7 Å². The van der Waals surface area contributed by atoms with Gasteiger partial charge in [-0.3, -0.25) is 19.8 Å². The third-order valence-electron chi connectivity index (χ3n) is 4.42. The molecule has 0 radical (unpaired) electrons. The van der Waals surface area contributed by atoms with Gasteiger partial charge in [0.1, 0.15) is 0 Å². The molecule has 1 aliphatic rings. The van der Waals surface area contributed by atoms with E-state index < -0.39 is 4.92 Å². The number of piperazine rings is 1. The first-order valence-electron chi connectivity index (χ1n) is 8.18. The van der Waals surface area contributed by atoms with Gasteiger partial charge in [-0.05, 0) is 25.8 Å². The minimum atomic E-state index is -0.499. The Hall–Kier alpha value is -1.66. The van der Waals surface area contributed by atoms with Crippen LogP contribution in [0.25, 0.3) is 0 Å². The fourth-order valence-electron chi connectivity index (χ4n) is 3.17. The molecule has 0 bridgehead atoms. The first kappa shape index (κ1) is 18.7. The number of benzene rings is 1. The van der Waals surface area contributed by atoms with E-state index in [0.717, 1.165) is 13.1 Å². The maximum Gasteiger partial charge on any atom is 0.274 e. The van der Waals surface area contributed by atoms with Gasteiger partial charge in [0.05, 0.1) is 10.5 Å². The van der Waals surface area contributed by atoms with Crippen molar-refractivity contribution in [1.29, 1.82) is 0 Å². The SMILES string of the molecule is Cc1c(C(=O)N2CCN(CC(C)C)[C@H](C)C2)cc(Cl)cc1[N+](=O)[O-]. The molecular weight excluding hydrogens is 330 g/mol. The number of carbonyl (C=O) groups excluding carboxylic acids is 1. The first-order chi connectivity index (χ1) is 11.2. The zero-order valence-corrected chi connectivity index (χ0v) is 15.3. The van der Waals surface area contributed by atoms with E-state index >= 15 is 0 Å². The van der Waals surface area contributed by atoms with Gasteiger partial charge in [-0.2, -0.15) is 0 Å². The van der Waals surface area contributed by atoms with Gasteiger partial charge in [-0.1, -0.05) is 25.4 Å². The summed E-state index contributed by atoms with van der Waals surface area (Å²) in [7, 11) is 0. The van der Waals surface area contributed by atoms with Crippen LogP contribution in [0.5, 0.6) is 0 Å². The number of nitro benzene ring substituents is 1. The van der Waals surface area contributed by atoms with Crippen LogP contribution >= 0.6 is 11.6 Å². The van der Waals surface area contributed by atoms with Gasteiger partial charge in [0.2, 0.25) is 0 Å². The van der Waals surface area contributed by atoms with Gasteiger partial charge < -0.3 is 4.90 Å². The van der Waals surface area contributed by atoms with Gasteiger partial charge in [0.15, 0.2) is 0 Å². The molecule has 1 amide bonds. The summed E-state index contributed by atoms with van der Waals surface area (Å²) in [5.74, 6) is 0.390. The molecule has 2 rings (SSSR count). The Morgan fingerprint density at radius 3 is 2.62 bits per heavy atom. The highest BCUT2D eigenvalue weighted by molar-refractivity contribution is 6.31. The number of hydrogen-bond acceptors (Lipinski definition) is 4. The van der Waals surface area contributed by atoms with E-state index in [9.17, 15) is 14.9 Å². The molecule has 1 aromatic rings. The maximum absolute atomic E-state index is 12.8. The predicted molar refractivity (Wildman–Crippen MR) is 94.6 cm³/mol. The van der Waals surface area contributed by atoms with Crippen molar-refractivity contribution in [3.05, 3.63) is 38.4 Å². The number of rotatable bonds is 4. The van der Waals surface area contributed by atoms with E-state index in [-0.39, 0.29) is 22.7 Å². The molecule has 1 aromatic carbocycles. The van der Waals surface area contributed by atoms with E-state index in [0.29, 0.717) is 30.1 Å². The van der Waals surface area contributed by atoms with Crippen LogP contribution in [-0.2, 0) is 0 Å². The van der Waals surface area contributed by atoms with Crippen LogP contribution in [0.1, 0.15) is 36.7 Å². The summed E-state index contributed by atoms with van der Waals surface area (Å²) in [6, 6.07) is 3.08. The van der Waals surface area contributed by atoms with Gasteiger partial charge >= 0.3 is 0 Å². The zero-order valence-electron chi connectivity index (χ0n) is 14.6. The predicted octanol–water partition coefficient (Wildman–Crippen LogP) is 3.36. The number of amides is 1. The monoisotopic (exact) mass is 353 g/mol. The lowest BCUT2D eigenvalue weighted by Crippen LogP contribution is -2.54. The second-order valence-corrected chi connectivity index (χ2v) is 7.28. The standard InChI is InChI=1S/C17H24ClN3O3/c1-11(2)9-19-5-6-20(10-12(19)3)17(22)15-7-14(18)8-16(13(15)4)21(23)24/h7-8,11-12H,5-6,9-10H2,1-4H3/t12-/m1/s1. The molecule has 7 heteroatoms. The average Bonchev–Trinajstić information content (AvgIpc) is 2.50. The Labute approximate surface area is 147 Å². The number of nitro groups is 1. The smallest absolute Gasteiger partial charge is 0.274 e. The molecule has 1 aliphatic heterocycles. The molecule has 0 saturated carbocycles. The normalized spacial score (nSPS) is 18.9. The molecule has 1 saturated heterocycles. The van der Waals surface area contributed by atoms with Crippen LogP contribution in [0.2, 0.25) is 5.02 Å². The van der Waals surface area contributed by atoms with Crippen LogP contribution in [0.4, 0.5) is 5.69 Å². The van der Waals surface area contributed by atoms with Crippen molar-refractivity contribution in [3.8, 4) is 0 Å². The molecule has 1 atom stereocenters. The highest BCUT2D eigenvalue weighted by Crippen LogP contribution is 2.28. The highest BCUT2D eigenvalue weighted by atomic mass is 35.5. The molecule has 0 N–H and O–H groups in total. The van der Waals surface area contributed by atoms with Crippen LogP contribution in [0.15, 0.2) is 12.1 Å². The molecule has 0 unspecified atom stereocenters. The Morgan fingerprint density at radius 2 is 2.08 bits per heavy atom. The Bertz CT molecular complexity index is 648. The molecule has 1 fully saturated rings. The van der Waals surface area contributed by atoms with Gasteiger partial charge in [-0.15, -0.1) is 0 Å². The Morgan fingerprint density at radius 1 is 1.42 bits per heavy atom. The summed E-state index contributed by atoms with van der Waals surface area (Å²) in [4.78, 5) is 27.6. The minimum absolute atomic E-state index is 0.114. The molecule has 0 aliphatic carbocycles. The van der Waals surface area contributed by atoms with Crippen molar-refractivity contribution in [1.82, 2.24) is 9.80 Å². The van der Waals surface area contributed by atoms with Crippen molar-refractivity contribution < 1.29 is 9.72 Å².